The number of primary amides is 1. The van der Waals surface area contributed by atoms with Crippen molar-refractivity contribution in [3.8, 4) is 0 Å². The summed E-state index contributed by atoms with van der Waals surface area (Å²) in [6.45, 7) is 3.36. The predicted octanol–water partition coefficient (Wildman–Crippen LogP) is -0.637. The number of carboxylic acid groups (broad SMARTS) is 2. The van der Waals surface area contributed by atoms with Gasteiger partial charge in [0.1, 0.15) is 18.1 Å². The fourth-order valence-electron chi connectivity index (χ4n) is 4.06. The van der Waals surface area contributed by atoms with Gasteiger partial charge in [-0.2, -0.15) is 0 Å². The molecule has 0 aliphatic heterocycles. The van der Waals surface area contributed by atoms with Crippen LogP contribution in [0.15, 0.2) is 30.5 Å². The summed E-state index contributed by atoms with van der Waals surface area (Å²) < 4.78 is 0. The molecule has 14 heteroatoms. The summed E-state index contributed by atoms with van der Waals surface area (Å²) >= 11 is 0. The fourth-order valence-corrected chi connectivity index (χ4v) is 4.06. The van der Waals surface area contributed by atoms with Crippen molar-refractivity contribution < 1.29 is 39.0 Å². The molecule has 14 nitrogen and oxygen atoms in total. The molecular formula is C26H36N6O8. The van der Waals surface area contributed by atoms with Crippen LogP contribution in [0.1, 0.15) is 45.1 Å². The van der Waals surface area contributed by atoms with E-state index in [1.54, 1.807) is 20.0 Å². The maximum atomic E-state index is 13.1. The van der Waals surface area contributed by atoms with Crippen molar-refractivity contribution >= 4 is 46.5 Å². The third-order valence-electron chi connectivity index (χ3n) is 6.55. The van der Waals surface area contributed by atoms with Gasteiger partial charge in [0.05, 0.1) is 12.5 Å². The third-order valence-corrected chi connectivity index (χ3v) is 6.55. The summed E-state index contributed by atoms with van der Waals surface area (Å²) in [6.07, 6.45) is 0.782. The minimum Gasteiger partial charge on any atom is -0.481 e. The van der Waals surface area contributed by atoms with Crippen molar-refractivity contribution in [1.29, 1.82) is 0 Å². The lowest BCUT2D eigenvalue weighted by molar-refractivity contribution is -0.144. The SMILES string of the molecule is CCC(C)C(NC(=O)C(CCC(N)=O)NC(=O)C(CC(=O)O)NC(=O)C(N)Cc1c[nH]c2ccccc12)C(=O)O. The maximum Gasteiger partial charge on any atom is 0.326 e. The number of H-pyrrole nitrogens is 1. The van der Waals surface area contributed by atoms with E-state index in [4.69, 9.17) is 11.5 Å². The molecule has 2 rings (SSSR count). The van der Waals surface area contributed by atoms with Gasteiger partial charge in [-0.05, 0) is 30.4 Å². The number of para-hydroxylation sites is 1. The van der Waals surface area contributed by atoms with Gasteiger partial charge in [-0.25, -0.2) is 4.79 Å². The second-order valence-electron chi connectivity index (χ2n) is 9.61. The lowest BCUT2D eigenvalue weighted by Crippen LogP contribution is -2.58. The van der Waals surface area contributed by atoms with Crippen LogP contribution in [0.4, 0.5) is 0 Å². The first kappa shape index (κ1) is 31.8. The normalized spacial score (nSPS) is 14.8. The van der Waals surface area contributed by atoms with E-state index in [0.29, 0.717) is 6.42 Å². The quantitative estimate of drug-likeness (QED) is 0.130. The largest absolute Gasteiger partial charge is 0.481 e. The van der Waals surface area contributed by atoms with Crippen LogP contribution >= 0.6 is 0 Å². The molecule has 0 fully saturated rings. The third kappa shape index (κ3) is 9.08. The highest BCUT2D eigenvalue weighted by Crippen LogP contribution is 2.19. The molecule has 1 aromatic heterocycles. The second kappa shape index (κ2) is 14.6. The number of carbonyl (C=O) groups is 6. The standard InChI is InChI=1S/C26H36N6O8/c1-3-13(2)22(26(39)40)32-24(37)18(8-9-20(28)33)30-25(38)19(11-21(34)35)31-23(36)16(27)10-14-12-29-17-7-5-4-6-15(14)17/h4-7,12-13,16,18-19,22,29H,3,8-11,27H2,1-2H3,(H2,28,33)(H,30,38)(H,31,36)(H,32,37)(H,34,35)(H,39,40). The first-order valence-corrected chi connectivity index (χ1v) is 12.8. The highest BCUT2D eigenvalue weighted by atomic mass is 16.4. The molecular weight excluding hydrogens is 524 g/mol. The minimum atomic E-state index is -1.62. The Morgan fingerprint density at radius 2 is 1.57 bits per heavy atom. The van der Waals surface area contributed by atoms with E-state index in [1.165, 1.54) is 0 Å². The van der Waals surface area contributed by atoms with Crippen LogP contribution in [0.2, 0.25) is 0 Å². The Labute approximate surface area is 230 Å². The second-order valence-corrected chi connectivity index (χ2v) is 9.61. The Balaban J connectivity index is 2.17. The molecule has 40 heavy (non-hydrogen) atoms. The molecule has 0 bridgehead atoms. The number of nitrogens with one attached hydrogen (secondary N) is 4. The first-order chi connectivity index (χ1) is 18.8. The van der Waals surface area contributed by atoms with Gasteiger partial charge < -0.3 is 42.6 Å². The lowest BCUT2D eigenvalue weighted by Gasteiger charge is -2.26. The Morgan fingerprint density at radius 1 is 0.950 bits per heavy atom. The van der Waals surface area contributed by atoms with Crippen molar-refractivity contribution in [2.45, 2.75) is 70.1 Å². The van der Waals surface area contributed by atoms with E-state index in [0.717, 1.165) is 16.5 Å². The Morgan fingerprint density at radius 3 is 2.17 bits per heavy atom. The molecule has 0 aliphatic carbocycles. The molecule has 10 N–H and O–H groups in total. The summed E-state index contributed by atoms with van der Waals surface area (Å²) in [6, 6.07) is 1.90. The van der Waals surface area contributed by atoms with Crippen molar-refractivity contribution in [2.75, 3.05) is 0 Å². The van der Waals surface area contributed by atoms with Gasteiger partial charge in [-0.15, -0.1) is 0 Å². The zero-order valence-corrected chi connectivity index (χ0v) is 22.3. The van der Waals surface area contributed by atoms with Crippen LogP contribution in [-0.4, -0.2) is 74.9 Å². The molecule has 0 saturated carbocycles. The summed E-state index contributed by atoms with van der Waals surface area (Å²) in [5, 5.41) is 26.6. The van der Waals surface area contributed by atoms with E-state index in [2.05, 4.69) is 20.9 Å². The van der Waals surface area contributed by atoms with Gasteiger partial charge in [-0.1, -0.05) is 38.5 Å². The number of carboxylic acids is 2. The minimum absolute atomic E-state index is 0.0904. The first-order valence-electron chi connectivity index (χ1n) is 12.8. The molecule has 0 aliphatic rings. The summed E-state index contributed by atoms with van der Waals surface area (Å²) in [4.78, 5) is 76.3. The van der Waals surface area contributed by atoms with Crippen LogP contribution in [0, 0.1) is 5.92 Å². The van der Waals surface area contributed by atoms with Crippen LogP contribution in [0.25, 0.3) is 10.9 Å². The Kier molecular flexibility index (Phi) is 11.6. The number of aliphatic carboxylic acids is 2. The zero-order valence-electron chi connectivity index (χ0n) is 22.3. The average molecular weight is 561 g/mol. The van der Waals surface area contributed by atoms with E-state index in [9.17, 15) is 39.0 Å². The molecule has 1 heterocycles. The average Bonchev–Trinajstić information content (AvgIpc) is 3.30. The molecule has 5 unspecified atom stereocenters. The van der Waals surface area contributed by atoms with Crippen molar-refractivity contribution in [3.05, 3.63) is 36.0 Å². The van der Waals surface area contributed by atoms with Crippen LogP contribution in [-0.2, 0) is 35.2 Å². The Hall–Kier alpha value is -4.46. The molecule has 5 atom stereocenters. The monoisotopic (exact) mass is 560 g/mol. The molecule has 2 aromatic rings. The number of hydrogen-bond donors (Lipinski definition) is 8. The number of rotatable bonds is 16. The van der Waals surface area contributed by atoms with Crippen LogP contribution in [0.5, 0.6) is 0 Å². The summed E-state index contributed by atoms with van der Waals surface area (Å²) in [5.41, 5.74) is 12.8. The number of hydrogen-bond acceptors (Lipinski definition) is 7. The van der Waals surface area contributed by atoms with Crippen LogP contribution < -0.4 is 27.4 Å². The van der Waals surface area contributed by atoms with Gasteiger partial charge >= 0.3 is 11.9 Å². The van der Waals surface area contributed by atoms with Crippen molar-refractivity contribution in [3.63, 3.8) is 0 Å². The van der Waals surface area contributed by atoms with E-state index >= 15 is 0 Å². The smallest absolute Gasteiger partial charge is 0.326 e. The van der Waals surface area contributed by atoms with E-state index in [-0.39, 0.29) is 19.3 Å². The topological polar surface area (TPSA) is 247 Å². The van der Waals surface area contributed by atoms with E-state index in [1.807, 2.05) is 24.3 Å². The highest BCUT2D eigenvalue weighted by Gasteiger charge is 2.33. The number of aromatic nitrogens is 1. The molecule has 0 radical (unpaired) electrons. The zero-order chi connectivity index (χ0) is 30.0. The highest BCUT2D eigenvalue weighted by molar-refractivity contribution is 5.96. The number of aromatic amines is 1. The molecule has 1 aromatic carbocycles. The van der Waals surface area contributed by atoms with Gasteiger partial charge in [0.25, 0.3) is 0 Å². The number of benzene rings is 1. The van der Waals surface area contributed by atoms with Crippen molar-refractivity contribution in [1.82, 2.24) is 20.9 Å². The summed E-state index contributed by atoms with van der Waals surface area (Å²) in [7, 11) is 0. The fraction of sp³-hybridized carbons (Fsp3) is 0.462. The maximum absolute atomic E-state index is 13.1. The van der Waals surface area contributed by atoms with Gasteiger partial charge in [0, 0.05) is 23.5 Å². The molecule has 0 saturated heterocycles. The van der Waals surface area contributed by atoms with Gasteiger partial charge in [-0.3, -0.25) is 24.0 Å². The predicted molar refractivity (Wildman–Crippen MR) is 144 cm³/mol. The molecule has 4 amide bonds. The molecule has 0 spiro atoms. The van der Waals surface area contributed by atoms with Gasteiger partial charge in [0.15, 0.2) is 0 Å². The number of fused-ring (bicyclic) bond motifs is 1. The summed E-state index contributed by atoms with van der Waals surface area (Å²) in [5.74, 6) is -6.66. The number of carbonyl (C=O) groups excluding carboxylic acids is 4. The lowest BCUT2D eigenvalue weighted by atomic mass is 9.98. The van der Waals surface area contributed by atoms with Crippen molar-refractivity contribution in [2.24, 2.45) is 17.4 Å². The molecule has 218 valence electrons. The van der Waals surface area contributed by atoms with Gasteiger partial charge in [0.2, 0.25) is 23.6 Å². The van der Waals surface area contributed by atoms with Crippen LogP contribution in [0.3, 0.4) is 0 Å². The Bertz CT molecular complexity index is 1240. The van der Waals surface area contributed by atoms with E-state index < -0.39 is 72.1 Å². The number of amides is 4. The number of nitrogens with two attached hydrogens (primary N) is 2.